The maximum absolute atomic E-state index is 13.5. The van der Waals surface area contributed by atoms with Crippen molar-refractivity contribution < 1.29 is 17.2 Å². The zero-order chi connectivity index (χ0) is 19.2. The van der Waals surface area contributed by atoms with Crippen LogP contribution in [-0.4, -0.2) is 50.8 Å². The highest BCUT2D eigenvalue weighted by atomic mass is 32.2. The van der Waals surface area contributed by atoms with Crippen molar-refractivity contribution in [3.63, 3.8) is 0 Å². The molecule has 1 fully saturated rings. The van der Waals surface area contributed by atoms with Crippen LogP contribution in [0.25, 0.3) is 0 Å². The van der Waals surface area contributed by atoms with E-state index in [1.807, 2.05) is 18.2 Å². The molecule has 8 heteroatoms. The molecule has 5 nitrogen and oxygen atoms in total. The summed E-state index contributed by atoms with van der Waals surface area (Å²) in [6, 6.07) is 8.60. The van der Waals surface area contributed by atoms with Gasteiger partial charge in [-0.1, -0.05) is 12.1 Å². The van der Waals surface area contributed by atoms with Gasteiger partial charge in [-0.05, 0) is 42.4 Å². The SMILES string of the molecule is CN1CCN(c2cccc3c2CN(S(=O)(=O)c2ccc(F)c(F)c2)C3)CC1. The summed E-state index contributed by atoms with van der Waals surface area (Å²) in [4.78, 5) is 4.32. The van der Waals surface area contributed by atoms with Crippen molar-refractivity contribution in [3.8, 4) is 0 Å². The maximum Gasteiger partial charge on any atom is 0.243 e. The molecule has 0 bridgehead atoms. The van der Waals surface area contributed by atoms with E-state index in [2.05, 4.69) is 16.8 Å². The Morgan fingerprint density at radius 3 is 2.37 bits per heavy atom. The fourth-order valence-electron chi connectivity index (χ4n) is 3.67. The van der Waals surface area contributed by atoms with Crippen LogP contribution in [0.3, 0.4) is 0 Å². The minimum Gasteiger partial charge on any atom is -0.369 e. The quantitative estimate of drug-likeness (QED) is 0.804. The molecule has 144 valence electrons. The van der Waals surface area contributed by atoms with Gasteiger partial charge in [0.2, 0.25) is 10.0 Å². The molecule has 27 heavy (non-hydrogen) atoms. The van der Waals surface area contributed by atoms with Crippen LogP contribution in [0.15, 0.2) is 41.3 Å². The Morgan fingerprint density at radius 1 is 0.926 bits per heavy atom. The Bertz CT molecular complexity index is 973. The van der Waals surface area contributed by atoms with Crippen LogP contribution in [0.4, 0.5) is 14.5 Å². The lowest BCUT2D eigenvalue weighted by molar-refractivity contribution is 0.312. The number of anilines is 1. The largest absolute Gasteiger partial charge is 0.369 e. The Labute approximate surface area is 157 Å². The van der Waals surface area contributed by atoms with E-state index in [9.17, 15) is 17.2 Å². The van der Waals surface area contributed by atoms with Gasteiger partial charge in [0.1, 0.15) is 0 Å². The van der Waals surface area contributed by atoms with Crippen LogP contribution in [-0.2, 0) is 23.1 Å². The molecule has 2 heterocycles. The van der Waals surface area contributed by atoms with Crippen LogP contribution < -0.4 is 4.90 Å². The number of piperazine rings is 1. The van der Waals surface area contributed by atoms with Gasteiger partial charge in [0.15, 0.2) is 11.6 Å². The first-order valence-corrected chi connectivity index (χ1v) is 10.3. The Hall–Kier alpha value is -2.03. The monoisotopic (exact) mass is 393 g/mol. The summed E-state index contributed by atoms with van der Waals surface area (Å²) in [5, 5.41) is 0. The minimum atomic E-state index is -3.90. The second kappa shape index (κ2) is 6.85. The number of rotatable bonds is 3. The number of hydrogen-bond donors (Lipinski definition) is 0. The highest BCUT2D eigenvalue weighted by Gasteiger charge is 2.33. The Morgan fingerprint density at radius 2 is 1.67 bits per heavy atom. The van der Waals surface area contributed by atoms with Gasteiger partial charge in [-0.25, -0.2) is 17.2 Å². The van der Waals surface area contributed by atoms with E-state index in [1.54, 1.807) is 0 Å². The number of likely N-dealkylation sites (N-methyl/N-ethyl adjacent to an activating group) is 1. The number of halogens is 2. The number of hydrogen-bond acceptors (Lipinski definition) is 4. The lowest BCUT2D eigenvalue weighted by Crippen LogP contribution is -2.44. The lowest BCUT2D eigenvalue weighted by atomic mass is 10.1. The predicted octanol–water partition coefficient (Wildman–Crippen LogP) is 2.42. The molecule has 1 saturated heterocycles. The number of nitrogens with zero attached hydrogens (tertiary/aromatic N) is 3. The van der Waals surface area contributed by atoms with E-state index in [1.165, 1.54) is 4.31 Å². The van der Waals surface area contributed by atoms with Crippen molar-refractivity contribution in [1.29, 1.82) is 0 Å². The first-order valence-electron chi connectivity index (χ1n) is 8.86. The molecule has 2 aromatic rings. The molecule has 2 aromatic carbocycles. The van der Waals surface area contributed by atoms with Crippen LogP contribution >= 0.6 is 0 Å². The average molecular weight is 393 g/mol. The first kappa shape index (κ1) is 18.3. The van der Waals surface area contributed by atoms with Gasteiger partial charge in [-0.3, -0.25) is 0 Å². The average Bonchev–Trinajstić information content (AvgIpc) is 3.10. The van der Waals surface area contributed by atoms with Crippen LogP contribution in [0, 0.1) is 11.6 Å². The zero-order valence-electron chi connectivity index (χ0n) is 15.0. The normalized spacial score (nSPS) is 18.7. The van der Waals surface area contributed by atoms with Crippen molar-refractivity contribution in [2.75, 3.05) is 38.1 Å². The molecule has 0 radical (unpaired) electrons. The molecule has 0 saturated carbocycles. The molecule has 2 aliphatic rings. The molecule has 4 rings (SSSR count). The van der Waals surface area contributed by atoms with Crippen LogP contribution in [0.5, 0.6) is 0 Å². The molecule has 0 aromatic heterocycles. The molecule has 0 aliphatic carbocycles. The summed E-state index contributed by atoms with van der Waals surface area (Å²) in [6.45, 7) is 4.17. The van der Waals surface area contributed by atoms with Crippen LogP contribution in [0.2, 0.25) is 0 Å². The predicted molar refractivity (Wildman–Crippen MR) is 98.9 cm³/mol. The Kier molecular flexibility index (Phi) is 4.65. The summed E-state index contributed by atoms with van der Waals surface area (Å²) >= 11 is 0. The number of sulfonamides is 1. The van der Waals surface area contributed by atoms with E-state index in [0.717, 1.165) is 61.2 Å². The van der Waals surface area contributed by atoms with E-state index in [-0.39, 0.29) is 18.0 Å². The third-order valence-electron chi connectivity index (χ3n) is 5.30. The highest BCUT2D eigenvalue weighted by molar-refractivity contribution is 7.89. The highest BCUT2D eigenvalue weighted by Crippen LogP contribution is 2.35. The minimum absolute atomic E-state index is 0.227. The molecule has 0 unspecified atom stereocenters. The lowest BCUT2D eigenvalue weighted by Gasteiger charge is -2.35. The topological polar surface area (TPSA) is 43.9 Å². The smallest absolute Gasteiger partial charge is 0.243 e. The second-order valence-electron chi connectivity index (χ2n) is 7.05. The maximum atomic E-state index is 13.5. The summed E-state index contributed by atoms with van der Waals surface area (Å²) < 4.78 is 53.9. The summed E-state index contributed by atoms with van der Waals surface area (Å²) in [5.41, 5.74) is 3.01. The van der Waals surface area contributed by atoms with Crippen molar-refractivity contribution >= 4 is 15.7 Å². The van der Waals surface area contributed by atoms with Gasteiger partial charge in [-0.15, -0.1) is 0 Å². The number of fused-ring (bicyclic) bond motifs is 1. The fraction of sp³-hybridized carbons (Fsp3) is 0.368. The standard InChI is InChI=1S/C19H21F2N3O2S/c1-22-7-9-23(10-8-22)19-4-2-3-14-12-24(13-16(14)19)27(25,26)15-5-6-17(20)18(21)11-15/h2-6,11H,7-10,12-13H2,1H3. The van der Waals surface area contributed by atoms with Gasteiger partial charge in [0.25, 0.3) is 0 Å². The summed E-state index contributed by atoms with van der Waals surface area (Å²) in [6.07, 6.45) is 0. The molecular weight excluding hydrogens is 372 g/mol. The van der Waals surface area contributed by atoms with Crippen LogP contribution in [0.1, 0.15) is 11.1 Å². The third kappa shape index (κ3) is 3.33. The molecule has 0 amide bonds. The number of benzene rings is 2. The second-order valence-corrected chi connectivity index (χ2v) is 8.99. The molecule has 0 spiro atoms. The molecule has 0 N–H and O–H groups in total. The van der Waals surface area contributed by atoms with E-state index in [0.29, 0.717) is 0 Å². The van der Waals surface area contributed by atoms with E-state index < -0.39 is 21.7 Å². The van der Waals surface area contributed by atoms with Crippen molar-refractivity contribution in [2.45, 2.75) is 18.0 Å². The van der Waals surface area contributed by atoms with Gasteiger partial charge in [0.05, 0.1) is 4.90 Å². The van der Waals surface area contributed by atoms with Crippen molar-refractivity contribution in [1.82, 2.24) is 9.21 Å². The summed E-state index contributed by atoms with van der Waals surface area (Å²) in [7, 11) is -1.82. The summed E-state index contributed by atoms with van der Waals surface area (Å²) in [5.74, 6) is -2.22. The van der Waals surface area contributed by atoms with Gasteiger partial charge in [-0.2, -0.15) is 4.31 Å². The van der Waals surface area contributed by atoms with Gasteiger partial charge < -0.3 is 9.80 Å². The van der Waals surface area contributed by atoms with Crippen molar-refractivity contribution in [3.05, 3.63) is 59.2 Å². The molecular formula is C19H21F2N3O2S. The van der Waals surface area contributed by atoms with Gasteiger partial charge in [0, 0.05) is 45.0 Å². The van der Waals surface area contributed by atoms with E-state index >= 15 is 0 Å². The zero-order valence-corrected chi connectivity index (χ0v) is 15.8. The fourth-order valence-corrected chi connectivity index (χ4v) is 5.07. The Balaban J connectivity index is 1.62. The van der Waals surface area contributed by atoms with E-state index in [4.69, 9.17) is 0 Å². The first-order chi connectivity index (χ1) is 12.9. The van der Waals surface area contributed by atoms with Gasteiger partial charge >= 0.3 is 0 Å². The molecule has 0 atom stereocenters. The molecule has 2 aliphatic heterocycles. The van der Waals surface area contributed by atoms with Crippen molar-refractivity contribution in [2.24, 2.45) is 0 Å². The third-order valence-corrected chi connectivity index (χ3v) is 7.09.